The van der Waals surface area contributed by atoms with Gasteiger partial charge in [-0.05, 0) is 70.3 Å². The number of nitrogens with zero attached hydrogens (tertiary/aromatic N) is 1. The standard InChI is InChI=1S/C18H15IN2O4S/c1-24-13-6-4-3-5-12(13)20-18-21-17(23)15(26-18)9-10-7-11(19)16(22)14(8-10)25-2/h3-9,22H,1-2H3,(H,20,21,23). The number of amidine groups is 1. The van der Waals surface area contributed by atoms with E-state index in [0.717, 1.165) is 5.56 Å². The number of rotatable bonds is 4. The fourth-order valence-electron chi connectivity index (χ4n) is 2.30. The number of aromatic hydroxyl groups is 1. The second kappa shape index (κ2) is 8.00. The van der Waals surface area contributed by atoms with Crippen LogP contribution in [0.5, 0.6) is 17.2 Å². The van der Waals surface area contributed by atoms with Gasteiger partial charge < -0.3 is 19.9 Å². The topological polar surface area (TPSA) is 80.2 Å². The summed E-state index contributed by atoms with van der Waals surface area (Å²) in [7, 11) is 3.06. The fraction of sp³-hybridized carbons (Fsp3) is 0.111. The predicted molar refractivity (Wildman–Crippen MR) is 111 cm³/mol. The van der Waals surface area contributed by atoms with Gasteiger partial charge in [-0.15, -0.1) is 0 Å². The number of phenols is 1. The summed E-state index contributed by atoms with van der Waals surface area (Å²) in [4.78, 5) is 17.2. The Hall–Kier alpha value is -2.20. The highest BCUT2D eigenvalue weighted by Crippen LogP contribution is 2.35. The van der Waals surface area contributed by atoms with Gasteiger partial charge in [0.15, 0.2) is 16.7 Å². The quantitative estimate of drug-likeness (QED) is 0.511. The van der Waals surface area contributed by atoms with Gasteiger partial charge in [0.05, 0.1) is 22.7 Å². The van der Waals surface area contributed by atoms with Crippen LogP contribution >= 0.6 is 34.4 Å². The first-order valence-electron chi connectivity index (χ1n) is 7.51. The Balaban J connectivity index is 1.90. The number of carbonyl (C=O) groups excluding carboxylic acids is 1. The number of carbonyl (C=O) groups is 1. The molecule has 0 atom stereocenters. The van der Waals surface area contributed by atoms with Crippen molar-refractivity contribution >= 4 is 57.2 Å². The van der Waals surface area contributed by atoms with Crippen molar-refractivity contribution in [1.82, 2.24) is 5.32 Å². The minimum absolute atomic E-state index is 0.0807. The molecule has 1 aliphatic heterocycles. The van der Waals surface area contributed by atoms with Gasteiger partial charge >= 0.3 is 0 Å². The van der Waals surface area contributed by atoms with E-state index in [1.807, 2.05) is 46.9 Å². The molecule has 6 nitrogen and oxygen atoms in total. The zero-order chi connectivity index (χ0) is 18.7. The molecule has 0 aliphatic carbocycles. The van der Waals surface area contributed by atoms with Crippen LogP contribution in [0.25, 0.3) is 6.08 Å². The van der Waals surface area contributed by atoms with Crippen molar-refractivity contribution in [2.75, 3.05) is 14.2 Å². The molecule has 8 heteroatoms. The van der Waals surface area contributed by atoms with Gasteiger partial charge in [0, 0.05) is 0 Å². The van der Waals surface area contributed by atoms with Crippen molar-refractivity contribution in [3.63, 3.8) is 0 Å². The summed E-state index contributed by atoms with van der Waals surface area (Å²) < 4.78 is 11.1. The average Bonchev–Trinajstić information content (AvgIpc) is 2.97. The molecule has 0 radical (unpaired) electrons. The number of phenolic OH excluding ortho intramolecular Hbond substituents is 1. The second-order valence-electron chi connectivity index (χ2n) is 5.21. The molecule has 134 valence electrons. The molecule has 1 aliphatic rings. The van der Waals surface area contributed by atoms with E-state index in [2.05, 4.69) is 10.3 Å². The summed E-state index contributed by atoms with van der Waals surface area (Å²) in [5.74, 6) is 0.836. The molecule has 0 aromatic heterocycles. The molecule has 0 spiro atoms. The van der Waals surface area contributed by atoms with Gasteiger partial charge in [0.2, 0.25) is 0 Å². The van der Waals surface area contributed by atoms with Crippen molar-refractivity contribution < 1.29 is 19.4 Å². The number of nitrogens with one attached hydrogen (secondary N) is 1. The highest BCUT2D eigenvalue weighted by Gasteiger charge is 2.24. The Labute approximate surface area is 168 Å². The van der Waals surface area contributed by atoms with E-state index in [1.54, 1.807) is 25.3 Å². The lowest BCUT2D eigenvalue weighted by molar-refractivity contribution is -0.115. The number of thioether (sulfide) groups is 1. The lowest BCUT2D eigenvalue weighted by Crippen LogP contribution is -2.19. The smallest absolute Gasteiger partial charge is 0.264 e. The summed E-state index contributed by atoms with van der Waals surface area (Å²) in [6.07, 6.45) is 1.73. The number of amides is 1. The number of hydrogen-bond acceptors (Lipinski definition) is 6. The van der Waals surface area contributed by atoms with Crippen LogP contribution in [0.1, 0.15) is 5.56 Å². The van der Waals surface area contributed by atoms with Gasteiger partial charge in [-0.1, -0.05) is 12.1 Å². The maximum Gasteiger partial charge on any atom is 0.264 e. The van der Waals surface area contributed by atoms with Gasteiger partial charge in [-0.25, -0.2) is 4.99 Å². The molecule has 0 unspecified atom stereocenters. The van der Waals surface area contributed by atoms with Crippen LogP contribution in [0.4, 0.5) is 5.69 Å². The Morgan fingerprint density at radius 1 is 1.19 bits per heavy atom. The van der Waals surface area contributed by atoms with E-state index in [4.69, 9.17) is 9.47 Å². The Bertz CT molecular complexity index is 927. The monoisotopic (exact) mass is 482 g/mol. The molecule has 1 heterocycles. The molecular weight excluding hydrogens is 467 g/mol. The Morgan fingerprint density at radius 2 is 1.92 bits per heavy atom. The molecule has 2 aromatic rings. The van der Waals surface area contributed by atoms with Crippen molar-refractivity contribution in [2.24, 2.45) is 4.99 Å². The van der Waals surface area contributed by atoms with E-state index in [-0.39, 0.29) is 11.7 Å². The number of halogens is 1. The van der Waals surface area contributed by atoms with Gasteiger partial charge in [0.1, 0.15) is 11.4 Å². The summed E-state index contributed by atoms with van der Waals surface area (Å²) in [6.45, 7) is 0. The first kappa shape index (κ1) is 18.6. The first-order chi connectivity index (χ1) is 12.5. The van der Waals surface area contributed by atoms with Gasteiger partial charge in [-0.2, -0.15) is 0 Å². The van der Waals surface area contributed by atoms with E-state index in [9.17, 15) is 9.90 Å². The third-order valence-electron chi connectivity index (χ3n) is 3.53. The third kappa shape index (κ3) is 3.96. The highest BCUT2D eigenvalue weighted by molar-refractivity contribution is 14.1. The van der Waals surface area contributed by atoms with Crippen molar-refractivity contribution in [2.45, 2.75) is 0 Å². The molecular formula is C18H15IN2O4S. The van der Waals surface area contributed by atoms with Crippen LogP contribution in [0.15, 0.2) is 46.3 Å². The van der Waals surface area contributed by atoms with Crippen LogP contribution < -0.4 is 14.8 Å². The van der Waals surface area contributed by atoms with Crippen molar-refractivity contribution in [3.8, 4) is 17.2 Å². The molecule has 1 saturated heterocycles. The van der Waals surface area contributed by atoms with Crippen LogP contribution in [-0.4, -0.2) is 30.4 Å². The van der Waals surface area contributed by atoms with Gasteiger partial charge in [-0.3, -0.25) is 4.79 Å². The SMILES string of the molecule is COc1ccccc1N=C1NC(=O)C(=Cc2cc(I)c(O)c(OC)c2)S1. The van der Waals surface area contributed by atoms with Gasteiger partial charge in [0.25, 0.3) is 5.91 Å². The third-order valence-corrected chi connectivity index (χ3v) is 5.26. The molecule has 3 rings (SSSR count). The van der Waals surface area contributed by atoms with E-state index >= 15 is 0 Å². The number of methoxy groups -OCH3 is 2. The summed E-state index contributed by atoms with van der Waals surface area (Å²) in [5, 5.41) is 13.1. The van der Waals surface area contributed by atoms with Crippen LogP contribution in [0.2, 0.25) is 0 Å². The zero-order valence-electron chi connectivity index (χ0n) is 13.9. The summed E-state index contributed by atoms with van der Waals surface area (Å²) in [6, 6.07) is 10.8. The van der Waals surface area contributed by atoms with E-state index in [0.29, 0.717) is 30.8 Å². The summed E-state index contributed by atoms with van der Waals surface area (Å²) >= 11 is 3.25. The minimum atomic E-state index is -0.231. The molecule has 0 saturated carbocycles. The van der Waals surface area contributed by atoms with Crippen LogP contribution in [0, 0.1) is 3.57 Å². The van der Waals surface area contributed by atoms with Crippen LogP contribution in [-0.2, 0) is 4.79 Å². The maximum absolute atomic E-state index is 12.2. The minimum Gasteiger partial charge on any atom is -0.504 e. The maximum atomic E-state index is 12.2. The van der Waals surface area contributed by atoms with Crippen molar-refractivity contribution in [1.29, 1.82) is 0 Å². The lowest BCUT2D eigenvalue weighted by Gasteiger charge is -2.06. The van der Waals surface area contributed by atoms with Crippen molar-refractivity contribution in [3.05, 3.63) is 50.4 Å². The second-order valence-corrected chi connectivity index (χ2v) is 7.40. The first-order valence-corrected chi connectivity index (χ1v) is 9.40. The number of para-hydroxylation sites is 2. The Morgan fingerprint density at radius 3 is 2.65 bits per heavy atom. The van der Waals surface area contributed by atoms with E-state index < -0.39 is 0 Å². The normalized spacial score (nSPS) is 16.8. The number of aliphatic imine (C=N–C) groups is 1. The number of ether oxygens (including phenoxy) is 2. The largest absolute Gasteiger partial charge is 0.504 e. The van der Waals surface area contributed by atoms with E-state index in [1.165, 1.54) is 18.9 Å². The Kier molecular flexibility index (Phi) is 5.72. The lowest BCUT2D eigenvalue weighted by atomic mass is 10.2. The number of hydrogen-bond donors (Lipinski definition) is 2. The summed E-state index contributed by atoms with van der Waals surface area (Å²) in [5.41, 5.74) is 1.39. The predicted octanol–water partition coefficient (Wildman–Crippen LogP) is 3.91. The zero-order valence-corrected chi connectivity index (χ0v) is 16.9. The molecule has 0 bridgehead atoms. The molecule has 2 aromatic carbocycles. The molecule has 26 heavy (non-hydrogen) atoms. The molecule has 2 N–H and O–H groups in total. The fourth-order valence-corrected chi connectivity index (χ4v) is 3.76. The molecule has 1 amide bonds. The average molecular weight is 482 g/mol. The number of benzene rings is 2. The highest BCUT2D eigenvalue weighted by atomic mass is 127. The van der Waals surface area contributed by atoms with Crippen LogP contribution in [0.3, 0.4) is 0 Å². The molecule has 1 fully saturated rings.